The summed E-state index contributed by atoms with van der Waals surface area (Å²) < 4.78 is 48.7. The molecule has 16 heavy (non-hydrogen) atoms. The summed E-state index contributed by atoms with van der Waals surface area (Å²) in [4.78, 5) is -1.19. The number of halogens is 2. The van der Waals surface area contributed by atoms with Gasteiger partial charge in [0.1, 0.15) is 10.7 Å². The maximum absolute atomic E-state index is 13.4. The SMILES string of the molecule is CS(=O)(=O)c1c(F)cc(CNO)c(O)c1F. The molecule has 1 rings (SSSR count). The molecule has 0 aliphatic heterocycles. The molecule has 0 spiro atoms. The molecular formula is C8H9F2NO4S. The van der Waals surface area contributed by atoms with Gasteiger partial charge >= 0.3 is 0 Å². The Morgan fingerprint density at radius 2 is 2.00 bits per heavy atom. The molecule has 0 saturated heterocycles. The Morgan fingerprint density at radius 1 is 1.44 bits per heavy atom. The van der Waals surface area contributed by atoms with Crippen molar-refractivity contribution in [3.05, 3.63) is 23.3 Å². The van der Waals surface area contributed by atoms with Crippen LogP contribution in [0.2, 0.25) is 0 Å². The number of phenolic OH excluding ortho intramolecular Hbond substituents is 1. The molecule has 0 radical (unpaired) electrons. The second kappa shape index (κ2) is 4.32. The fourth-order valence-electron chi connectivity index (χ4n) is 1.20. The van der Waals surface area contributed by atoms with Crippen molar-refractivity contribution in [3.63, 3.8) is 0 Å². The number of hydroxylamine groups is 1. The van der Waals surface area contributed by atoms with Gasteiger partial charge in [0.25, 0.3) is 0 Å². The van der Waals surface area contributed by atoms with Crippen molar-refractivity contribution in [2.24, 2.45) is 0 Å². The maximum Gasteiger partial charge on any atom is 0.186 e. The lowest BCUT2D eigenvalue weighted by Crippen LogP contribution is -2.11. The summed E-state index contributed by atoms with van der Waals surface area (Å²) in [5.74, 6) is -3.89. The number of sulfone groups is 1. The van der Waals surface area contributed by atoms with Crippen molar-refractivity contribution in [2.45, 2.75) is 11.4 Å². The summed E-state index contributed by atoms with van der Waals surface area (Å²) in [6, 6.07) is 0.637. The van der Waals surface area contributed by atoms with Gasteiger partial charge in [0.15, 0.2) is 21.4 Å². The molecule has 0 saturated carbocycles. The minimum Gasteiger partial charge on any atom is -0.505 e. The molecule has 0 atom stereocenters. The van der Waals surface area contributed by atoms with Gasteiger partial charge in [0, 0.05) is 18.4 Å². The third-order valence-corrected chi connectivity index (χ3v) is 2.99. The lowest BCUT2D eigenvalue weighted by atomic mass is 10.2. The van der Waals surface area contributed by atoms with E-state index in [9.17, 15) is 22.3 Å². The Morgan fingerprint density at radius 3 is 2.44 bits per heavy atom. The Bertz CT molecular complexity index is 515. The zero-order valence-corrected chi connectivity index (χ0v) is 8.98. The van der Waals surface area contributed by atoms with Gasteiger partial charge in [-0.15, -0.1) is 0 Å². The largest absolute Gasteiger partial charge is 0.505 e. The minimum atomic E-state index is -4.11. The maximum atomic E-state index is 13.4. The zero-order valence-electron chi connectivity index (χ0n) is 8.16. The second-order valence-electron chi connectivity index (χ2n) is 3.12. The Kier molecular flexibility index (Phi) is 3.46. The molecule has 1 aromatic rings. The van der Waals surface area contributed by atoms with Crippen molar-refractivity contribution < 1.29 is 27.5 Å². The van der Waals surface area contributed by atoms with Crippen molar-refractivity contribution in [1.82, 2.24) is 5.48 Å². The van der Waals surface area contributed by atoms with Crippen LogP contribution in [-0.2, 0) is 16.4 Å². The molecule has 5 nitrogen and oxygen atoms in total. The van der Waals surface area contributed by atoms with E-state index in [1.807, 2.05) is 0 Å². The van der Waals surface area contributed by atoms with Crippen LogP contribution in [0.1, 0.15) is 5.56 Å². The highest BCUT2D eigenvalue weighted by molar-refractivity contribution is 7.90. The highest BCUT2D eigenvalue weighted by atomic mass is 32.2. The van der Waals surface area contributed by atoms with Gasteiger partial charge in [-0.2, -0.15) is 0 Å². The number of rotatable bonds is 3. The summed E-state index contributed by atoms with van der Waals surface area (Å²) in [6.45, 7) is -0.413. The fourth-order valence-corrected chi connectivity index (χ4v) is 2.04. The van der Waals surface area contributed by atoms with E-state index in [4.69, 9.17) is 5.21 Å². The summed E-state index contributed by atoms with van der Waals surface area (Å²) in [7, 11) is -4.11. The molecule has 90 valence electrons. The van der Waals surface area contributed by atoms with E-state index in [1.54, 1.807) is 5.48 Å². The number of hydrogen-bond donors (Lipinski definition) is 3. The smallest absolute Gasteiger partial charge is 0.186 e. The van der Waals surface area contributed by atoms with E-state index in [0.29, 0.717) is 12.3 Å². The molecule has 8 heteroatoms. The molecule has 1 aromatic carbocycles. The number of hydrogen-bond acceptors (Lipinski definition) is 5. The molecular weight excluding hydrogens is 244 g/mol. The molecule has 0 unspecified atom stereocenters. The van der Waals surface area contributed by atoms with Crippen LogP contribution in [0.3, 0.4) is 0 Å². The molecule has 0 amide bonds. The van der Waals surface area contributed by atoms with E-state index < -0.39 is 38.7 Å². The average Bonchev–Trinajstić information content (AvgIpc) is 2.12. The van der Waals surface area contributed by atoms with Crippen LogP contribution >= 0.6 is 0 Å². The second-order valence-corrected chi connectivity index (χ2v) is 5.07. The summed E-state index contributed by atoms with van der Waals surface area (Å²) >= 11 is 0. The Hall–Kier alpha value is -1.25. The lowest BCUT2D eigenvalue weighted by Gasteiger charge is -2.09. The van der Waals surface area contributed by atoms with Crippen LogP contribution < -0.4 is 5.48 Å². The average molecular weight is 253 g/mol. The fraction of sp³-hybridized carbons (Fsp3) is 0.250. The van der Waals surface area contributed by atoms with Crippen molar-refractivity contribution in [2.75, 3.05) is 6.26 Å². The lowest BCUT2D eigenvalue weighted by molar-refractivity contribution is 0.159. The van der Waals surface area contributed by atoms with Gasteiger partial charge in [-0.25, -0.2) is 22.7 Å². The van der Waals surface area contributed by atoms with Gasteiger partial charge in [0.05, 0.1) is 0 Å². The number of benzene rings is 1. The Labute approximate surface area is 90.2 Å². The van der Waals surface area contributed by atoms with Crippen molar-refractivity contribution in [1.29, 1.82) is 0 Å². The first-order chi connectivity index (χ1) is 7.29. The van der Waals surface area contributed by atoms with Gasteiger partial charge in [-0.05, 0) is 6.07 Å². The molecule has 0 aromatic heterocycles. The van der Waals surface area contributed by atoms with E-state index in [2.05, 4.69) is 0 Å². The van der Waals surface area contributed by atoms with E-state index >= 15 is 0 Å². The number of aromatic hydroxyl groups is 1. The first-order valence-electron chi connectivity index (χ1n) is 4.06. The Balaban J connectivity index is 3.53. The molecule has 0 bridgehead atoms. The first kappa shape index (κ1) is 12.8. The minimum absolute atomic E-state index is 0.287. The summed E-state index contributed by atoms with van der Waals surface area (Å²) in [5.41, 5.74) is 1.31. The van der Waals surface area contributed by atoms with Crippen LogP contribution in [0.5, 0.6) is 5.75 Å². The predicted octanol–water partition coefficient (Wildman–Crippen LogP) is 0.553. The highest BCUT2D eigenvalue weighted by Gasteiger charge is 2.24. The zero-order chi connectivity index (χ0) is 12.5. The number of phenols is 1. The van der Waals surface area contributed by atoms with E-state index in [1.165, 1.54) is 0 Å². The van der Waals surface area contributed by atoms with Crippen LogP contribution in [0.25, 0.3) is 0 Å². The summed E-state index contributed by atoms with van der Waals surface area (Å²) in [5, 5.41) is 17.6. The predicted molar refractivity (Wildman–Crippen MR) is 49.8 cm³/mol. The van der Waals surface area contributed by atoms with Gasteiger partial charge < -0.3 is 10.3 Å². The molecule has 0 fully saturated rings. The van der Waals surface area contributed by atoms with Crippen LogP contribution in [0.4, 0.5) is 8.78 Å². The standard InChI is InChI=1S/C8H9F2NO4S/c1-16(14,15)8-5(9)2-4(3-11-13)7(12)6(8)10/h2,11-13H,3H2,1H3. The van der Waals surface area contributed by atoms with Crippen LogP contribution in [-0.4, -0.2) is 25.0 Å². The molecule has 0 aliphatic carbocycles. The summed E-state index contributed by atoms with van der Waals surface area (Å²) in [6.07, 6.45) is 0.623. The van der Waals surface area contributed by atoms with Crippen LogP contribution in [0, 0.1) is 11.6 Å². The monoisotopic (exact) mass is 253 g/mol. The van der Waals surface area contributed by atoms with Crippen LogP contribution in [0.15, 0.2) is 11.0 Å². The van der Waals surface area contributed by atoms with Gasteiger partial charge in [-0.3, -0.25) is 0 Å². The first-order valence-corrected chi connectivity index (χ1v) is 5.95. The van der Waals surface area contributed by atoms with Gasteiger partial charge in [-0.1, -0.05) is 0 Å². The topological polar surface area (TPSA) is 86.6 Å². The van der Waals surface area contributed by atoms with E-state index in [-0.39, 0.29) is 5.56 Å². The quantitative estimate of drug-likeness (QED) is 0.685. The van der Waals surface area contributed by atoms with Crippen molar-refractivity contribution >= 4 is 9.84 Å². The third-order valence-electron chi connectivity index (χ3n) is 1.87. The van der Waals surface area contributed by atoms with Gasteiger partial charge in [0.2, 0.25) is 0 Å². The molecule has 3 N–H and O–H groups in total. The molecule has 0 heterocycles. The third kappa shape index (κ3) is 2.29. The van der Waals surface area contributed by atoms with E-state index in [0.717, 1.165) is 0 Å². The molecule has 0 aliphatic rings. The van der Waals surface area contributed by atoms with Crippen molar-refractivity contribution in [3.8, 4) is 5.75 Å². The normalized spacial score (nSPS) is 11.8. The number of nitrogens with one attached hydrogen (secondary N) is 1. The highest BCUT2D eigenvalue weighted by Crippen LogP contribution is 2.29.